The minimum atomic E-state index is -1.62. The van der Waals surface area contributed by atoms with Crippen molar-refractivity contribution < 1.29 is 64.8 Å². The topological polar surface area (TPSA) is 228 Å². The van der Waals surface area contributed by atoms with Crippen LogP contribution in [0.25, 0.3) is 0 Å². The Morgan fingerprint density at radius 1 is 0.848 bits per heavy atom. The number of rotatable bonds is 6. The minimum absolute atomic E-state index is 0.0976. The van der Waals surface area contributed by atoms with Crippen molar-refractivity contribution in [1.82, 2.24) is 5.32 Å². The van der Waals surface area contributed by atoms with Crippen molar-refractivity contribution in [3.8, 4) is 0 Å². The Morgan fingerprint density at radius 3 is 2.18 bits per heavy atom. The molecule has 14 nitrogen and oxygen atoms in total. The monoisotopic (exact) mass is 484 g/mol. The Morgan fingerprint density at radius 2 is 1.55 bits per heavy atom. The molecule has 0 radical (unpaired) electrons. The van der Waals surface area contributed by atoms with E-state index in [-0.39, 0.29) is 6.42 Å². The van der Waals surface area contributed by atoms with Crippen LogP contribution < -0.4 is 5.32 Å². The second-order valence-electron chi connectivity index (χ2n) is 9.24. The Balaban J connectivity index is 1.42. The van der Waals surface area contributed by atoms with Gasteiger partial charge in [0.2, 0.25) is 0 Å². The van der Waals surface area contributed by atoms with Crippen molar-refractivity contribution in [2.45, 2.75) is 99.0 Å². The molecule has 1 aliphatic carbocycles. The molecule has 0 amide bonds. The standard InChI is InChI=1S/C19H34NO13/c1-5-9(20-7-2-6(3-21)10(23)13(26)11(7)24)12(25)15(28)18(30-5)31-17-8(4-22)33-19(32-33)16(29)14(17)27/h5-29H,2-4H2,1H3/q+1/t5-,6-,7+,8-,9-,10-,11+,12+,13+,14-,15-,16-,17-,18-,19-/m1/s1. The van der Waals surface area contributed by atoms with E-state index in [4.69, 9.17) is 14.4 Å². The zero-order valence-electron chi connectivity index (χ0n) is 17.9. The SMILES string of the molecule is C[C@H]1O[C@H](O[C@H]2[C@H](O)[C@@H](O)[C@@H]3O[O+]3[C@@H]2CO)[C@H](O)[C@@H](O)[C@@H]1N[C@H]1C[C@H](CO)[C@@H](O)[C@H](O)[C@H]1O. The van der Waals surface area contributed by atoms with Gasteiger partial charge in [-0.2, -0.15) is 4.52 Å². The largest absolute Gasteiger partial charge is 0.399 e. The van der Waals surface area contributed by atoms with Crippen LogP contribution >= 0.6 is 0 Å². The average Bonchev–Trinajstić information content (AvgIpc) is 3.59. The predicted octanol–water partition coefficient (Wildman–Crippen LogP) is -5.82. The normalized spacial score (nSPS) is 55.3. The first-order chi connectivity index (χ1) is 15.6. The van der Waals surface area contributed by atoms with Gasteiger partial charge in [-0.25, -0.2) is 0 Å². The smallest absolute Gasteiger partial charge is 0.396 e. The molecule has 3 saturated heterocycles. The molecule has 0 aromatic carbocycles. The summed E-state index contributed by atoms with van der Waals surface area (Å²) in [7, 11) is 0. The summed E-state index contributed by atoms with van der Waals surface area (Å²) in [5.41, 5.74) is 0. The Hall–Kier alpha value is -0.560. The lowest BCUT2D eigenvalue weighted by Gasteiger charge is -2.47. The lowest BCUT2D eigenvalue weighted by molar-refractivity contribution is -0.341. The van der Waals surface area contributed by atoms with Crippen LogP contribution in [-0.2, 0) is 18.9 Å². The first kappa shape index (κ1) is 25.5. The van der Waals surface area contributed by atoms with Gasteiger partial charge in [0.15, 0.2) is 18.5 Å². The van der Waals surface area contributed by atoms with Gasteiger partial charge in [-0.15, -0.1) is 0 Å². The zero-order valence-corrected chi connectivity index (χ0v) is 17.9. The van der Waals surface area contributed by atoms with Gasteiger partial charge in [-0.05, 0) is 18.2 Å². The van der Waals surface area contributed by atoms with E-state index >= 15 is 0 Å². The highest BCUT2D eigenvalue weighted by atomic mass is 17.5. The maximum absolute atomic E-state index is 10.7. The fraction of sp³-hybridized carbons (Fsp3) is 1.00. The lowest BCUT2D eigenvalue weighted by Crippen LogP contribution is -2.68. The van der Waals surface area contributed by atoms with Gasteiger partial charge in [0, 0.05) is 18.6 Å². The van der Waals surface area contributed by atoms with E-state index in [2.05, 4.69) is 9.83 Å². The molecule has 15 atom stereocenters. The van der Waals surface area contributed by atoms with Gasteiger partial charge in [-0.1, -0.05) is 0 Å². The summed E-state index contributed by atoms with van der Waals surface area (Å²) in [4.78, 5) is 5.06. The molecule has 3 heterocycles. The zero-order chi connectivity index (χ0) is 24.2. The number of aliphatic hydroxyl groups is 9. The van der Waals surface area contributed by atoms with Crippen LogP contribution in [0.15, 0.2) is 0 Å². The predicted molar refractivity (Wildman–Crippen MR) is 104 cm³/mol. The summed E-state index contributed by atoms with van der Waals surface area (Å²) in [6, 6.07) is -1.75. The van der Waals surface area contributed by atoms with Gasteiger partial charge < -0.3 is 60.7 Å². The molecule has 0 unspecified atom stereocenters. The number of hydrogen-bond donors (Lipinski definition) is 10. The summed E-state index contributed by atoms with van der Waals surface area (Å²) in [5.74, 6) is -0.700. The van der Waals surface area contributed by atoms with E-state index < -0.39 is 105 Å². The molecular weight excluding hydrogens is 450 g/mol. The number of ether oxygens (including phenoxy) is 2. The fourth-order valence-electron chi connectivity index (χ4n) is 5.03. The van der Waals surface area contributed by atoms with Crippen molar-refractivity contribution in [3.05, 3.63) is 0 Å². The maximum Gasteiger partial charge on any atom is 0.399 e. The van der Waals surface area contributed by atoms with Crippen LogP contribution in [0.1, 0.15) is 13.3 Å². The van der Waals surface area contributed by atoms with Crippen molar-refractivity contribution in [1.29, 1.82) is 0 Å². The van der Waals surface area contributed by atoms with Crippen LogP contribution in [0.2, 0.25) is 0 Å². The van der Waals surface area contributed by atoms with E-state index in [0.29, 0.717) is 0 Å². The third kappa shape index (κ3) is 4.54. The summed E-state index contributed by atoms with van der Waals surface area (Å²) in [5, 5.41) is 94.2. The van der Waals surface area contributed by atoms with Gasteiger partial charge in [0.05, 0.1) is 24.4 Å². The van der Waals surface area contributed by atoms with Crippen molar-refractivity contribution in [3.63, 3.8) is 0 Å². The summed E-state index contributed by atoms with van der Waals surface area (Å²) in [6.07, 6.45) is -15.2. The molecule has 4 fully saturated rings. The third-order valence-electron chi connectivity index (χ3n) is 7.14. The third-order valence-corrected chi connectivity index (χ3v) is 7.14. The highest BCUT2D eigenvalue weighted by Gasteiger charge is 2.70. The van der Waals surface area contributed by atoms with Gasteiger partial charge in [0.1, 0.15) is 31.0 Å². The van der Waals surface area contributed by atoms with Crippen molar-refractivity contribution >= 4 is 0 Å². The van der Waals surface area contributed by atoms with Crippen LogP contribution in [0.5, 0.6) is 0 Å². The molecule has 0 aromatic heterocycles. The highest BCUT2D eigenvalue weighted by molar-refractivity contribution is 5.02. The molecule has 14 heteroatoms. The van der Waals surface area contributed by atoms with E-state index in [1.807, 2.05) is 0 Å². The first-order valence-corrected chi connectivity index (χ1v) is 11.0. The van der Waals surface area contributed by atoms with Crippen LogP contribution in [0.4, 0.5) is 0 Å². The Bertz CT molecular complexity index is 672. The second-order valence-corrected chi connectivity index (χ2v) is 9.24. The fourth-order valence-corrected chi connectivity index (χ4v) is 5.03. The average molecular weight is 484 g/mol. The molecule has 4 aliphatic rings. The molecule has 10 N–H and O–H groups in total. The number of nitrogens with one attached hydrogen (secondary N) is 1. The van der Waals surface area contributed by atoms with Crippen molar-refractivity contribution in [2.24, 2.45) is 5.92 Å². The summed E-state index contributed by atoms with van der Waals surface area (Å²) in [6.45, 7) is 0.656. The van der Waals surface area contributed by atoms with Gasteiger partial charge >= 0.3 is 6.29 Å². The molecule has 1 saturated carbocycles. The molecule has 4 rings (SSSR count). The van der Waals surface area contributed by atoms with E-state index in [0.717, 1.165) is 0 Å². The molecule has 192 valence electrons. The van der Waals surface area contributed by atoms with E-state index in [9.17, 15) is 46.0 Å². The summed E-state index contributed by atoms with van der Waals surface area (Å²) < 4.78 is 13.5. The van der Waals surface area contributed by atoms with Crippen LogP contribution in [-0.4, -0.2) is 145 Å². The molecule has 0 bridgehead atoms. The van der Waals surface area contributed by atoms with Crippen LogP contribution in [0, 0.1) is 5.92 Å². The molecule has 0 spiro atoms. The molecule has 33 heavy (non-hydrogen) atoms. The van der Waals surface area contributed by atoms with Crippen LogP contribution in [0.3, 0.4) is 0 Å². The number of hydrogen-bond acceptors (Lipinski definition) is 13. The lowest BCUT2D eigenvalue weighted by atomic mass is 9.79. The maximum atomic E-state index is 10.7. The van der Waals surface area contributed by atoms with Gasteiger partial charge in [0.25, 0.3) is 6.10 Å². The molecular formula is C19H34NO13+. The molecule has 3 aliphatic heterocycles. The van der Waals surface area contributed by atoms with E-state index in [1.54, 1.807) is 6.92 Å². The quantitative estimate of drug-likeness (QED) is 0.0963. The minimum Gasteiger partial charge on any atom is -0.396 e. The molecule has 0 aromatic rings. The first-order valence-electron chi connectivity index (χ1n) is 11.0. The van der Waals surface area contributed by atoms with Gasteiger partial charge in [-0.3, -0.25) is 0 Å². The Labute approximate surface area is 189 Å². The van der Waals surface area contributed by atoms with E-state index in [1.165, 1.54) is 0 Å². The second kappa shape index (κ2) is 9.83. The summed E-state index contributed by atoms with van der Waals surface area (Å²) >= 11 is 0. The number of fused-ring (bicyclic) bond motifs is 1. The highest BCUT2D eigenvalue weighted by Crippen LogP contribution is 2.43. The number of aliphatic hydroxyl groups excluding tert-OH is 9. The Kier molecular flexibility index (Phi) is 7.60. The van der Waals surface area contributed by atoms with Crippen molar-refractivity contribution in [2.75, 3.05) is 13.2 Å².